The van der Waals surface area contributed by atoms with Crippen molar-refractivity contribution >= 4 is 18.9 Å². The van der Waals surface area contributed by atoms with E-state index in [9.17, 15) is 4.79 Å². The second kappa shape index (κ2) is 13.7. The predicted octanol–water partition coefficient (Wildman–Crippen LogP) is 4.48. The second-order valence-electron chi connectivity index (χ2n) is 4.43. The van der Waals surface area contributed by atoms with Crippen molar-refractivity contribution in [3.8, 4) is 0 Å². The van der Waals surface area contributed by atoms with E-state index in [4.69, 9.17) is 4.74 Å². The number of rotatable bonds is 11. The van der Waals surface area contributed by atoms with E-state index in [0.717, 1.165) is 12.8 Å². The molecule has 0 aliphatic carbocycles. The Morgan fingerprint density at radius 1 is 0.941 bits per heavy atom. The molecule has 0 bridgehead atoms. The van der Waals surface area contributed by atoms with E-state index in [0.29, 0.717) is 6.61 Å². The van der Waals surface area contributed by atoms with Gasteiger partial charge in [-0.2, -0.15) is 0 Å². The Balaban J connectivity index is 2.96. The summed E-state index contributed by atoms with van der Waals surface area (Å²) >= 11 is 3.60. The summed E-state index contributed by atoms with van der Waals surface area (Å²) < 4.78 is 6.97. The maximum atomic E-state index is 10.7. The molecule has 0 unspecified atom stereocenters. The summed E-state index contributed by atoms with van der Waals surface area (Å²) in [5.41, 5.74) is 0. The second-order valence-corrected chi connectivity index (χ2v) is 4.65. The summed E-state index contributed by atoms with van der Waals surface area (Å²) in [6.07, 6.45) is 12.4. The summed E-state index contributed by atoms with van der Waals surface area (Å²) in [4.78, 5) is 10.7. The summed E-state index contributed by atoms with van der Waals surface area (Å²) in [7, 11) is 0. The number of carbonyl (C=O) groups is 1. The quantitative estimate of drug-likeness (QED) is 0.425. The maximum absolute atomic E-state index is 10.7. The number of carbonyl (C=O) groups excluding carboxylic acids is 1. The lowest BCUT2D eigenvalue weighted by Crippen LogP contribution is -2.14. The van der Waals surface area contributed by atoms with Crippen LogP contribution in [-0.4, -0.2) is 12.7 Å². The van der Waals surface area contributed by atoms with Crippen molar-refractivity contribution in [2.24, 2.45) is 0 Å². The van der Waals surface area contributed by atoms with Gasteiger partial charge in [-0.1, -0.05) is 77.5 Å². The van der Waals surface area contributed by atoms with Crippen molar-refractivity contribution in [1.82, 2.24) is 4.72 Å². The largest absolute Gasteiger partial charge is 0.449 e. The van der Waals surface area contributed by atoms with Crippen LogP contribution in [0.25, 0.3) is 0 Å². The highest BCUT2D eigenvalue weighted by molar-refractivity contribution is 7.78. The topological polar surface area (TPSA) is 38.3 Å². The first kappa shape index (κ1) is 16.6. The smallest absolute Gasteiger partial charge is 0.417 e. The molecule has 1 amide bonds. The van der Waals surface area contributed by atoms with Gasteiger partial charge in [0, 0.05) is 0 Å². The van der Waals surface area contributed by atoms with Crippen LogP contribution >= 0.6 is 12.8 Å². The van der Waals surface area contributed by atoms with Gasteiger partial charge < -0.3 is 4.74 Å². The molecule has 0 saturated heterocycles. The maximum Gasteiger partial charge on any atom is 0.417 e. The van der Waals surface area contributed by atoms with Gasteiger partial charge in [0.05, 0.1) is 6.61 Å². The molecule has 0 aliphatic rings. The van der Waals surface area contributed by atoms with Gasteiger partial charge in [0.25, 0.3) is 0 Å². The van der Waals surface area contributed by atoms with Gasteiger partial charge in [-0.05, 0) is 6.42 Å². The minimum atomic E-state index is -0.454. The number of hydrogen-bond acceptors (Lipinski definition) is 3. The van der Waals surface area contributed by atoms with Gasteiger partial charge in [0.1, 0.15) is 0 Å². The van der Waals surface area contributed by atoms with Gasteiger partial charge in [-0.15, -0.1) is 0 Å². The molecule has 0 radical (unpaired) electrons. The normalized spacial score (nSPS) is 10.2. The zero-order chi connectivity index (χ0) is 12.8. The van der Waals surface area contributed by atoms with Crippen molar-refractivity contribution in [3.05, 3.63) is 0 Å². The number of amides is 1. The van der Waals surface area contributed by atoms with Crippen LogP contribution < -0.4 is 4.72 Å². The molecule has 0 spiro atoms. The van der Waals surface area contributed by atoms with Crippen LogP contribution in [0, 0.1) is 0 Å². The molecule has 102 valence electrons. The molecule has 0 aliphatic heterocycles. The third kappa shape index (κ3) is 13.6. The fraction of sp³-hybridized carbons (Fsp3) is 0.923. The molecule has 0 aromatic heterocycles. The molecule has 17 heavy (non-hydrogen) atoms. The van der Waals surface area contributed by atoms with Crippen molar-refractivity contribution < 1.29 is 9.53 Å². The molecule has 0 saturated carbocycles. The lowest BCUT2D eigenvalue weighted by molar-refractivity contribution is 0.151. The first-order valence-corrected chi connectivity index (χ1v) is 7.32. The van der Waals surface area contributed by atoms with Gasteiger partial charge in [0.15, 0.2) is 0 Å². The Bertz CT molecular complexity index is 177. The third-order valence-electron chi connectivity index (χ3n) is 2.82. The van der Waals surface area contributed by atoms with Crippen LogP contribution in [0.4, 0.5) is 4.79 Å². The Kier molecular flexibility index (Phi) is 13.4. The first-order chi connectivity index (χ1) is 8.31. The average Bonchev–Trinajstić information content (AvgIpc) is 2.35. The van der Waals surface area contributed by atoms with E-state index < -0.39 is 6.09 Å². The molecule has 4 heteroatoms. The van der Waals surface area contributed by atoms with Crippen LogP contribution in [0.2, 0.25) is 0 Å². The summed E-state index contributed by atoms with van der Waals surface area (Å²) in [5.74, 6) is 0. The third-order valence-corrected chi connectivity index (χ3v) is 3.00. The van der Waals surface area contributed by atoms with E-state index in [-0.39, 0.29) is 0 Å². The molecule has 0 aromatic carbocycles. The molecule has 0 heterocycles. The highest BCUT2D eigenvalue weighted by Gasteiger charge is 1.97. The molecule has 0 rings (SSSR count). The number of hydrogen-bond donors (Lipinski definition) is 2. The van der Waals surface area contributed by atoms with Crippen LogP contribution in [0.3, 0.4) is 0 Å². The number of nitrogens with one attached hydrogen (secondary N) is 1. The van der Waals surface area contributed by atoms with Gasteiger partial charge in [0.2, 0.25) is 0 Å². The highest BCUT2D eigenvalue weighted by Crippen LogP contribution is 2.10. The van der Waals surface area contributed by atoms with Gasteiger partial charge in [-0.25, -0.2) is 4.79 Å². The van der Waals surface area contributed by atoms with E-state index in [2.05, 4.69) is 24.5 Å². The summed E-state index contributed by atoms with van der Waals surface area (Å²) in [6, 6.07) is 0. The molecular weight excluding hydrogens is 234 g/mol. The predicted molar refractivity (Wildman–Crippen MR) is 75.3 cm³/mol. The van der Waals surface area contributed by atoms with Crippen LogP contribution in [0.15, 0.2) is 0 Å². The lowest BCUT2D eigenvalue weighted by Gasteiger charge is -2.03. The fourth-order valence-corrected chi connectivity index (χ4v) is 1.85. The lowest BCUT2D eigenvalue weighted by atomic mass is 10.1. The van der Waals surface area contributed by atoms with Gasteiger partial charge in [-0.3, -0.25) is 4.72 Å². The highest BCUT2D eigenvalue weighted by atomic mass is 32.1. The molecule has 1 N–H and O–H groups in total. The Hall–Kier alpha value is -0.380. The van der Waals surface area contributed by atoms with E-state index in [1.165, 1.54) is 51.4 Å². The number of ether oxygens (including phenoxy) is 1. The molecule has 0 atom stereocenters. The first-order valence-electron chi connectivity index (χ1n) is 6.88. The molecule has 0 fully saturated rings. The Morgan fingerprint density at radius 2 is 1.41 bits per heavy atom. The average molecular weight is 261 g/mol. The molecule has 0 aromatic rings. The zero-order valence-corrected chi connectivity index (χ0v) is 11.9. The van der Waals surface area contributed by atoms with Crippen molar-refractivity contribution in [3.63, 3.8) is 0 Å². The molecule has 3 nitrogen and oxygen atoms in total. The number of unbranched alkanes of at least 4 members (excludes halogenated alkanes) is 9. The SMILES string of the molecule is CCCCCCCCCCCCOC(=O)NS. The van der Waals surface area contributed by atoms with Crippen LogP contribution in [-0.2, 0) is 4.74 Å². The standard InChI is InChI=1S/C13H27NO2S/c1-2-3-4-5-6-7-8-9-10-11-12-16-13(15)14-17/h17H,2-12H2,1H3,(H,14,15). The van der Waals surface area contributed by atoms with Crippen molar-refractivity contribution in [1.29, 1.82) is 0 Å². The minimum absolute atomic E-state index is 0.454. The van der Waals surface area contributed by atoms with Crippen LogP contribution in [0.5, 0.6) is 0 Å². The zero-order valence-electron chi connectivity index (χ0n) is 11.0. The van der Waals surface area contributed by atoms with E-state index in [1.807, 2.05) is 0 Å². The monoisotopic (exact) mass is 261 g/mol. The number of thiol groups is 1. The van der Waals surface area contributed by atoms with Crippen molar-refractivity contribution in [2.45, 2.75) is 71.1 Å². The van der Waals surface area contributed by atoms with E-state index in [1.54, 1.807) is 0 Å². The molecular formula is C13H27NO2S. The summed E-state index contributed by atoms with van der Waals surface area (Å²) in [6.45, 7) is 2.75. The Morgan fingerprint density at radius 3 is 1.88 bits per heavy atom. The van der Waals surface area contributed by atoms with Gasteiger partial charge >= 0.3 is 6.09 Å². The van der Waals surface area contributed by atoms with Crippen molar-refractivity contribution in [2.75, 3.05) is 6.61 Å². The fourth-order valence-electron chi connectivity index (χ4n) is 1.79. The van der Waals surface area contributed by atoms with E-state index >= 15 is 0 Å². The summed E-state index contributed by atoms with van der Waals surface area (Å²) in [5, 5.41) is 0. The Labute approximate surface area is 111 Å². The van der Waals surface area contributed by atoms with Crippen LogP contribution in [0.1, 0.15) is 71.1 Å². The minimum Gasteiger partial charge on any atom is -0.449 e.